The number of pyridine rings is 1. The number of carbonyl (C=O) groups is 2. The maximum atomic E-state index is 10.6. The van der Waals surface area contributed by atoms with Crippen molar-refractivity contribution in [2.75, 3.05) is 0 Å². The summed E-state index contributed by atoms with van der Waals surface area (Å²) in [7, 11) is 0. The first-order chi connectivity index (χ1) is 7.06. The molecule has 76 valence electrons. The van der Waals surface area contributed by atoms with Gasteiger partial charge in [0.2, 0.25) is 0 Å². The summed E-state index contributed by atoms with van der Waals surface area (Å²) in [6.45, 7) is 1.52. The van der Waals surface area contributed by atoms with E-state index in [0.29, 0.717) is 6.29 Å². The Hall–Kier alpha value is -2.35. The number of hydrogen-bond acceptors (Lipinski definition) is 4. The second-order valence-corrected chi connectivity index (χ2v) is 2.69. The molecule has 0 saturated heterocycles. The maximum absolute atomic E-state index is 10.6. The summed E-state index contributed by atoms with van der Waals surface area (Å²) < 4.78 is 0. The minimum absolute atomic E-state index is 0.0451. The Morgan fingerprint density at radius 1 is 1.60 bits per heavy atom. The Bertz CT molecular complexity index is 482. The van der Waals surface area contributed by atoms with Crippen molar-refractivity contribution in [3.63, 3.8) is 0 Å². The quantitative estimate of drug-likeness (QED) is 0.510. The SMILES string of the molecule is Cc1ncc(C#CC(=O)O)c(C=O)c1O. The summed E-state index contributed by atoms with van der Waals surface area (Å²) >= 11 is 0. The van der Waals surface area contributed by atoms with E-state index in [1.165, 1.54) is 13.1 Å². The maximum Gasteiger partial charge on any atom is 0.382 e. The molecule has 0 aliphatic heterocycles. The van der Waals surface area contributed by atoms with Crippen LogP contribution in [0.15, 0.2) is 6.20 Å². The number of carbonyl (C=O) groups excluding carboxylic acids is 1. The second-order valence-electron chi connectivity index (χ2n) is 2.69. The van der Waals surface area contributed by atoms with Crippen molar-refractivity contribution in [1.82, 2.24) is 4.98 Å². The van der Waals surface area contributed by atoms with Crippen LogP contribution in [0.3, 0.4) is 0 Å². The van der Waals surface area contributed by atoms with Crippen LogP contribution in [0.4, 0.5) is 0 Å². The number of carboxylic acid groups (broad SMARTS) is 1. The molecule has 0 spiro atoms. The summed E-state index contributed by atoms with van der Waals surface area (Å²) in [5.41, 5.74) is 0.338. The Morgan fingerprint density at radius 3 is 2.80 bits per heavy atom. The van der Waals surface area contributed by atoms with E-state index in [1.807, 2.05) is 5.92 Å². The number of aromatic nitrogens is 1. The fourth-order valence-electron chi connectivity index (χ4n) is 0.954. The molecule has 0 radical (unpaired) electrons. The topological polar surface area (TPSA) is 87.5 Å². The van der Waals surface area contributed by atoms with Crippen LogP contribution >= 0.6 is 0 Å². The van der Waals surface area contributed by atoms with Gasteiger partial charge in [0.15, 0.2) is 6.29 Å². The number of aromatic hydroxyl groups is 1. The number of nitrogens with zero attached hydrogens (tertiary/aromatic N) is 1. The Morgan fingerprint density at radius 2 is 2.27 bits per heavy atom. The summed E-state index contributed by atoms with van der Waals surface area (Å²) in [6, 6.07) is 0. The third-order valence-electron chi connectivity index (χ3n) is 1.70. The van der Waals surface area contributed by atoms with E-state index in [9.17, 15) is 14.7 Å². The highest BCUT2D eigenvalue weighted by atomic mass is 16.4. The molecule has 5 heteroatoms. The first-order valence-electron chi connectivity index (χ1n) is 3.95. The summed E-state index contributed by atoms with van der Waals surface area (Å²) in [5, 5.41) is 17.8. The lowest BCUT2D eigenvalue weighted by Gasteiger charge is -2.02. The zero-order chi connectivity index (χ0) is 11.4. The number of aryl methyl sites for hydroxylation is 1. The van der Waals surface area contributed by atoms with E-state index in [2.05, 4.69) is 10.9 Å². The lowest BCUT2D eigenvalue weighted by Crippen LogP contribution is -1.95. The highest BCUT2D eigenvalue weighted by molar-refractivity contribution is 5.89. The van der Waals surface area contributed by atoms with Gasteiger partial charge in [0.1, 0.15) is 5.75 Å². The average molecular weight is 205 g/mol. The predicted molar refractivity (Wildman–Crippen MR) is 50.5 cm³/mol. The second kappa shape index (κ2) is 4.24. The van der Waals surface area contributed by atoms with Gasteiger partial charge in [0.05, 0.1) is 16.8 Å². The van der Waals surface area contributed by atoms with Crippen molar-refractivity contribution in [3.8, 4) is 17.6 Å². The Labute approximate surface area is 85.4 Å². The minimum atomic E-state index is -1.31. The fraction of sp³-hybridized carbons (Fsp3) is 0.100. The third-order valence-corrected chi connectivity index (χ3v) is 1.70. The first kappa shape index (κ1) is 10.7. The molecular formula is C10H7NO4. The van der Waals surface area contributed by atoms with E-state index in [-0.39, 0.29) is 22.6 Å². The predicted octanol–water partition coefficient (Wildman–Crippen LogP) is 0.344. The average Bonchev–Trinajstić information content (AvgIpc) is 2.19. The minimum Gasteiger partial charge on any atom is -0.505 e. The number of aldehydes is 1. The van der Waals surface area contributed by atoms with Crippen molar-refractivity contribution in [2.45, 2.75) is 6.92 Å². The Balaban J connectivity index is 3.33. The highest BCUT2D eigenvalue weighted by Gasteiger charge is 2.09. The molecule has 5 nitrogen and oxygen atoms in total. The normalized spacial score (nSPS) is 8.87. The fourth-order valence-corrected chi connectivity index (χ4v) is 0.954. The molecule has 2 N–H and O–H groups in total. The largest absolute Gasteiger partial charge is 0.505 e. The molecule has 1 heterocycles. The monoisotopic (exact) mass is 205 g/mol. The molecule has 1 aromatic rings. The van der Waals surface area contributed by atoms with E-state index >= 15 is 0 Å². The van der Waals surface area contributed by atoms with Crippen LogP contribution in [0.1, 0.15) is 21.6 Å². The third kappa shape index (κ3) is 2.31. The van der Waals surface area contributed by atoms with Gasteiger partial charge in [-0.15, -0.1) is 0 Å². The van der Waals surface area contributed by atoms with Gasteiger partial charge in [0, 0.05) is 12.1 Å². The van der Waals surface area contributed by atoms with Gasteiger partial charge in [-0.05, 0) is 6.92 Å². The van der Waals surface area contributed by atoms with Crippen molar-refractivity contribution in [2.24, 2.45) is 0 Å². The van der Waals surface area contributed by atoms with E-state index in [1.54, 1.807) is 0 Å². The smallest absolute Gasteiger partial charge is 0.382 e. The zero-order valence-electron chi connectivity index (χ0n) is 7.81. The molecule has 0 atom stereocenters. The van der Waals surface area contributed by atoms with Gasteiger partial charge >= 0.3 is 5.97 Å². The molecule has 1 aromatic heterocycles. The number of hydrogen-bond donors (Lipinski definition) is 2. The molecule has 1 rings (SSSR count). The summed E-state index contributed by atoms with van der Waals surface area (Å²) in [4.78, 5) is 24.6. The highest BCUT2D eigenvalue weighted by Crippen LogP contribution is 2.20. The lowest BCUT2D eigenvalue weighted by atomic mass is 10.1. The molecule has 0 amide bonds. The van der Waals surface area contributed by atoms with Crippen LogP contribution in [0, 0.1) is 18.8 Å². The number of rotatable bonds is 1. The zero-order valence-corrected chi connectivity index (χ0v) is 7.81. The lowest BCUT2D eigenvalue weighted by molar-refractivity contribution is -0.130. The standard InChI is InChI=1S/C10H7NO4/c1-6-10(15)8(5-12)7(4-11-6)2-3-9(13)14/h4-5,15H,1H3,(H,13,14). The molecular weight excluding hydrogens is 198 g/mol. The van der Waals surface area contributed by atoms with Crippen LogP contribution in [0.25, 0.3) is 0 Å². The molecule has 0 unspecified atom stereocenters. The van der Waals surface area contributed by atoms with Crippen molar-refractivity contribution >= 4 is 12.3 Å². The van der Waals surface area contributed by atoms with Gasteiger partial charge in [0.25, 0.3) is 0 Å². The molecule has 0 aliphatic rings. The van der Waals surface area contributed by atoms with Gasteiger partial charge in [-0.3, -0.25) is 9.78 Å². The van der Waals surface area contributed by atoms with Gasteiger partial charge in [-0.2, -0.15) is 0 Å². The summed E-state index contributed by atoms with van der Waals surface area (Å²) in [6.07, 6.45) is 1.66. The van der Waals surface area contributed by atoms with E-state index < -0.39 is 5.97 Å². The van der Waals surface area contributed by atoms with Crippen molar-refractivity contribution < 1.29 is 19.8 Å². The van der Waals surface area contributed by atoms with Crippen LogP contribution in [0.5, 0.6) is 5.75 Å². The van der Waals surface area contributed by atoms with Gasteiger partial charge < -0.3 is 10.2 Å². The molecule has 0 fully saturated rings. The van der Waals surface area contributed by atoms with Crippen molar-refractivity contribution in [3.05, 3.63) is 23.0 Å². The molecule has 0 saturated carbocycles. The number of aliphatic carboxylic acids is 1. The first-order valence-corrected chi connectivity index (χ1v) is 3.95. The molecule has 0 bridgehead atoms. The molecule has 0 aromatic carbocycles. The number of carboxylic acids is 1. The Kier molecular flexibility index (Phi) is 3.03. The van der Waals surface area contributed by atoms with E-state index in [0.717, 1.165) is 0 Å². The van der Waals surface area contributed by atoms with Crippen LogP contribution in [0.2, 0.25) is 0 Å². The van der Waals surface area contributed by atoms with E-state index in [4.69, 9.17) is 5.11 Å². The van der Waals surface area contributed by atoms with Crippen molar-refractivity contribution in [1.29, 1.82) is 0 Å². The van der Waals surface area contributed by atoms with Gasteiger partial charge in [-0.1, -0.05) is 5.92 Å². The molecule has 15 heavy (non-hydrogen) atoms. The van der Waals surface area contributed by atoms with Crippen LogP contribution in [-0.2, 0) is 4.79 Å². The van der Waals surface area contributed by atoms with Crippen LogP contribution in [-0.4, -0.2) is 27.5 Å². The molecule has 0 aliphatic carbocycles. The van der Waals surface area contributed by atoms with Gasteiger partial charge in [-0.25, -0.2) is 4.79 Å². The summed E-state index contributed by atoms with van der Waals surface area (Å²) in [5.74, 6) is 2.48. The van der Waals surface area contributed by atoms with Crippen LogP contribution < -0.4 is 0 Å².